The molecule has 50 heavy (non-hydrogen) atoms. The van der Waals surface area contributed by atoms with E-state index in [0.717, 1.165) is 38.0 Å². The molecule has 0 aromatic carbocycles. The second-order valence-electron chi connectivity index (χ2n) is 15.6. The van der Waals surface area contributed by atoms with Gasteiger partial charge in [-0.1, -0.05) is 162 Å². The lowest BCUT2D eigenvalue weighted by Crippen LogP contribution is -2.38. The minimum absolute atomic E-state index is 0.0359. The SMILES string of the molecule is CCCCCCCCCCCCCCCC(=O)O[C@H](COC(=O)CCCCCCCCCCCC(C)CC)CO[P+]([O-])(O)OCC[N+](C)(C)C. The Kier molecular flexibility index (Phi) is 32.2. The average Bonchev–Trinajstić information content (AvgIpc) is 3.06. The summed E-state index contributed by atoms with van der Waals surface area (Å²) in [6.07, 6.45) is 28.5. The van der Waals surface area contributed by atoms with Crippen LogP contribution in [0.25, 0.3) is 0 Å². The third-order valence-electron chi connectivity index (χ3n) is 9.43. The van der Waals surface area contributed by atoms with Gasteiger partial charge in [0.15, 0.2) is 6.10 Å². The Bertz CT molecular complexity index is 792. The van der Waals surface area contributed by atoms with E-state index in [1.807, 2.05) is 21.1 Å². The van der Waals surface area contributed by atoms with Gasteiger partial charge in [-0.3, -0.25) is 9.59 Å². The summed E-state index contributed by atoms with van der Waals surface area (Å²) >= 11 is 0. The van der Waals surface area contributed by atoms with Crippen LogP contribution in [0.15, 0.2) is 0 Å². The van der Waals surface area contributed by atoms with Gasteiger partial charge in [0, 0.05) is 12.8 Å². The van der Waals surface area contributed by atoms with E-state index in [2.05, 4.69) is 20.8 Å². The fraction of sp³-hybridized carbons (Fsp3) is 0.950. The van der Waals surface area contributed by atoms with Gasteiger partial charge in [0.05, 0.1) is 21.1 Å². The van der Waals surface area contributed by atoms with Gasteiger partial charge in [-0.05, 0) is 18.8 Å². The minimum Gasteiger partial charge on any atom is -0.606 e. The Hall–Kier alpha value is -0.830. The molecule has 0 saturated heterocycles. The van der Waals surface area contributed by atoms with Crippen molar-refractivity contribution in [1.29, 1.82) is 0 Å². The molecule has 0 fully saturated rings. The molecule has 0 saturated carbocycles. The van der Waals surface area contributed by atoms with E-state index in [9.17, 15) is 19.4 Å². The third kappa shape index (κ3) is 35.6. The molecule has 0 bridgehead atoms. The molecule has 0 radical (unpaired) electrons. The Labute approximate surface area is 309 Å². The molecule has 0 spiro atoms. The normalized spacial score (nSPS) is 14.3. The Morgan fingerprint density at radius 3 is 1.54 bits per heavy atom. The summed E-state index contributed by atoms with van der Waals surface area (Å²) in [5.74, 6) is 0.0542. The largest absolute Gasteiger partial charge is 0.606 e. The van der Waals surface area contributed by atoms with Crippen LogP contribution >= 0.6 is 8.17 Å². The molecular weight excluding hydrogens is 653 g/mol. The smallest absolute Gasteiger partial charge is 0.377 e. The van der Waals surface area contributed by atoms with Crippen LogP contribution in [0, 0.1) is 5.92 Å². The van der Waals surface area contributed by atoms with Gasteiger partial charge in [0.2, 0.25) is 0 Å². The molecule has 0 aromatic rings. The fourth-order valence-corrected chi connectivity index (χ4v) is 6.50. The van der Waals surface area contributed by atoms with E-state index < -0.39 is 26.9 Å². The van der Waals surface area contributed by atoms with E-state index in [1.165, 1.54) is 116 Å². The van der Waals surface area contributed by atoms with Crippen molar-refractivity contribution < 1.29 is 42.4 Å². The molecule has 0 rings (SSSR count). The van der Waals surface area contributed by atoms with Crippen molar-refractivity contribution in [3.63, 3.8) is 0 Å². The number of unbranched alkanes of at least 4 members (excludes halogenated alkanes) is 20. The zero-order valence-electron chi connectivity index (χ0n) is 33.6. The molecule has 298 valence electrons. The first-order valence-electron chi connectivity index (χ1n) is 20.7. The molecule has 9 nitrogen and oxygen atoms in total. The third-order valence-corrected chi connectivity index (χ3v) is 10.4. The number of esters is 2. The van der Waals surface area contributed by atoms with Gasteiger partial charge in [-0.2, -0.15) is 13.9 Å². The number of nitrogens with zero attached hydrogens (tertiary/aromatic N) is 1. The second-order valence-corrected chi connectivity index (χ2v) is 17.1. The van der Waals surface area contributed by atoms with Crippen LogP contribution in [0.1, 0.15) is 188 Å². The van der Waals surface area contributed by atoms with Crippen molar-refractivity contribution in [2.45, 2.75) is 194 Å². The number of phosphoric acid groups is 1. The highest BCUT2D eigenvalue weighted by Crippen LogP contribution is 2.47. The number of rotatable bonds is 37. The van der Waals surface area contributed by atoms with Crippen molar-refractivity contribution >= 4 is 20.1 Å². The molecule has 0 aliphatic carbocycles. The van der Waals surface area contributed by atoms with Crippen LogP contribution < -0.4 is 4.89 Å². The van der Waals surface area contributed by atoms with Crippen LogP contribution in [-0.2, 0) is 28.1 Å². The lowest BCUT2D eigenvalue weighted by atomic mass is 9.99. The molecule has 0 aliphatic rings. The highest BCUT2D eigenvalue weighted by molar-refractivity contribution is 7.52. The van der Waals surface area contributed by atoms with Crippen LogP contribution in [0.4, 0.5) is 0 Å². The van der Waals surface area contributed by atoms with Crippen LogP contribution in [0.5, 0.6) is 0 Å². The van der Waals surface area contributed by atoms with Gasteiger partial charge in [-0.25, -0.2) is 0 Å². The first kappa shape index (κ1) is 49.2. The topological polar surface area (TPSA) is 114 Å². The molecule has 0 heterocycles. The molecule has 0 aromatic heterocycles. The Balaban J connectivity index is 4.38. The number of hydrogen-bond acceptors (Lipinski definition) is 8. The molecular formula is C40H81NO8P+. The maximum absolute atomic E-state index is 12.6. The molecule has 1 N–H and O–H groups in total. The number of ether oxygens (including phenoxy) is 2. The van der Waals surface area contributed by atoms with Crippen molar-refractivity contribution in [3.05, 3.63) is 0 Å². The van der Waals surface area contributed by atoms with E-state index in [0.29, 0.717) is 23.9 Å². The highest BCUT2D eigenvalue weighted by Gasteiger charge is 2.31. The summed E-state index contributed by atoms with van der Waals surface area (Å²) in [6, 6.07) is 0. The zero-order valence-corrected chi connectivity index (χ0v) is 34.5. The predicted octanol–water partition coefficient (Wildman–Crippen LogP) is 10.0. The summed E-state index contributed by atoms with van der Waals surface area (Å²) in [5, 5.41) is 0. The highest BCUT2D eigenvalue weighted by atomic mass is 31.2. The van der Waals surface area contributed by atoms with E-state index >= 15 is 0 Å². The monoisotopic (exact) mass is 735 g/mol. The Morgan fingerprint density at radius 2 is 1.08 bits per heavy atom. The molecule has 0 amide bonds. The molecule has 2 unspecified atom stereocenters. The number of carbonyl (C=O) groups is 2. The number of likely N-dealkylation sites (N-methyl/N-ethyl adjacent to an activating group) is 1. The van der Waals surface area contributed by atoms with E-state index in [-0.39, 0.29) is 25.6 Å². The predicted molar refractivity (Wildman–Crippen MR) is 205 cm³/mol. The maximum Gasteiger partial charge on any atom is 0.377 e. The van der Waals surface area contributed by atoms with Crippen molar-refractivity contribution in [2.75, 3.05) is 47.5 Å². The second kappa shape index (κ2) is 32.8. The maximum atomic E-state index is 12.6. The molecule has 3 atom stereocenters. The number of hydrogen-bond donors (Lipinski definition) is 1. The first-order chi connectivity index (χ1) is 23.9. The van der Waals surface area contributed by atoms with Crippen molar-refractivity contribution in [1.82, 2.24) is 0 Å². The summed E-state index contributed by atoms with van der Waals surface area (Å²) in [4.78, 5) is 47.7. The van der Waals surface area contributed by atoms with Gasteiger partial charge >= 0.3 is 20.1 Å². The molecule has 0 aliphatic heterocycles. The standard InChI is InChI=1S/C40H80NO8P/c1-7-9-10-11-12-13-14-15-16-19-23-26-29-32-40(43)49-38(36-48-50(44,45)47-34-33-41(4,5)6)35-46-39(42)31-28-25-22-20-17-18-21-24-27-30-37(3)8-2/h37-38H,7-36H2,1-6H3/p+1/t37?,38-/m1/s1. The molecule has 10 heteroatoms. The summed E-state index contributed by atoms with van der Waals surface area (Å²) in [5.41, 5.74) is 0. The number of quaternary nitrogens is 1. The fourth-order valence-electron chi connectivity index (χ4n) is 5.75. The van der Waals surface area contributed by atoms with Crippen LogP contribution in [0.3, 0.4) is 0 Å². The average molecular weight is 735 g/mol. The van der Waals surface area contributed by atoms with Crippen molar-refractivity contribution in [2.24, 2.45) is 5.92 Å². The van der Waals surface area contributed by atoms with Gasteiger partial charge in [0.1, 0.15) is 26.4 Å². The zero-order chi connectivity index (χ0) is 37.4. The van der Waals surface area contributed by atoms with Crippen LogP contribution in [0.2, 0.25) is 0 Å². The van der Waals surface area contributed by atoms with Crippen LogP contribution in [-0.4, -0.2) is 74.9 Å². The Morgan fingerprint density at radius 1 is 0.640 bits per heavy atom. The quantitative estimate of drug-likeness (QED) is 0.0290. The van der Waals surface area contributed by atoms with E-state index in [4.69, 9.17) is 18.5 Å². The summed E-state index contributed by atoms with van der Waals surface area (Å²) < 4.78 is 21.8. The summed E-state index contributed by atoms with van der Waals surface area (Å²) in [7, 11) is 1.49. The van der Waals surface area contributed by atoms with Gasteiger partial charge in [-0.15, -0.1) is 0 Å². The lowest BCUT2D eigenvalue weighted by molar-refractivity contribution is -0.870. The van der Waals surface area contributed by atoms with Crippen molar-refractivity contribution in [3.8, 4) is 0 Å². The summed E-state index contributed by atoms with van der Waals surface area (Å²) in [6.45, 7) is 6.78. The van der Waals surface area contributed by atoms with Gasteiger partial charge < -0.3 is 18.9 Å². The number of phosphoric ester groups is 1. The first-order valence-corrected chi connectivity index (χ1v) is 22.2. The number of carbonyl (C=O) groups excluding carboxylic acids is 2. The van der Waals surface area contributed by atoms with Gasteiger partial charge in [0.25, 0.3) is 0 Å². The van der Waals surface area contributed by atoms with E-state index in [1.54, 1.807) is 0 Å². The lowest BCUT2D eigenvalue weighted by Gasteiger charge is -2.26. The minimum atomic E-state index is -4.36.